The highest BCUT2D eigenvalue weighted by Gasteiger charge is 2.25. The second kappa shape index (κ2) is 5.93. The topological polar surface area (TPSA) is 95.6 Å². The van der Waals surface area contributed by atoms with Crippen LogP contribution in [0.2, 0.25) is 0 Å². The van der Waals surface area contributed by atoms with Crippen molar-refractivity contribution in [2.75, 3.05) is 6.54 Å². The van der Waals surface area contributed by atoms with E-state index in [4.69, 9.17) is 5.73 Å². The molecule has 1 aromatic carbocycles. The molecule has 1 fully saturated rings. The number of aromatic hydroxyl groups is 2. The first-order valence-electron chi connectivity index (χ1n) is 6.64. The van der Waals surface area contributed by atoms with Crippen LogP contribution < -0.4 is 11.1 Å². The molecule has 0 aliphatic heterocycles. The van der Waals surface area contributed by atoms with Gasteiger partial charge in [-0.1, -0.05) is 12.8 Å². The molecular formula is C14H20N2O3. The number of hydrogen-bond acceptors (Lipinski definition) is 4. The van der Waals surface area contributed by atoms with Gasteiger partial charge in [-0.25, -0.2) is 0 Å². The fourth-order valence-electron chi connectivity index (χ4n) is 2.71. The first kappa shape index (κ1) is 13.7. The van der Waals surface area contributed by atoms with Crippen LogP contribution in [0.3, 0.4) is 0 Å². The van der Waals surface area contributed by atoms with E-state index in [-0.39, 0.29) is 29.0 Å². The molecule has 1 aliphatic rings. The molecule has 1 unspecified atom stereocenters. The van der Waals surface area contributed by atoms with Crippen LogP contribution in [0.4, 0.5) is 0 Å². The molecule has 5 heteroatoms. The van der Waals surface area contributed by atoms with Crippen LogP contribution in [0.1, 0.15) is 36.0 Å². The lowest BCUT2D eigenvalue weighted by molar-refractivity contribution is 0.0923. The van der Waals surface area contributed by atoms with E-state index in [9.17, 15) is 15.0 Å². The van der Waals surface area contributed by atoms with Crippen LogP contribution in [0.25, 0.3) is 0 Å². The summed E-state index contributed by atoms with van der Waals surface area (Å²) >= 11 is 0. The number of rotatable bonds is 4. The van der Waals surface area contributed by atoms with Crippen molar-refractivity contribution >= 4 is 5.91 Å². The van der Waals surface area contributed by atoms with E-state index in [0.717, 1.165) is 12.8 Å². The lowest BCUT2D eigenvalue weighted by Crippen LogP contribution is -2.44. The number of nitrogens with one attached hydrogen (secondary N) is 1. The fourth-order valence-corrected chi connectivity index (χ4v) is 2.71. The van der Waals surface area contributed by atoms with E-state index >= 15 is 0 Å². The Bertz CT molecular complexity index is 436. The van der Waals surface area contributed by atoms with Crippen molar-refractivity contribution in [1.82, 2.24) is 5.32 Å². The predicted molar refractivity (Wildman–Crippen MR) is 72.0 cm³/mol. The SMILES string of the molecule is NCC(NC(=O)c1cc(O)cc(O)c1)C1CCCC1. The summed E-state index contributed by atoms with van der Waals surface area (Å²) in [6.07, 6.45) is 4.55. The summed E-state index contributed by atoms with van der Waals surface area (Å²) < 4.78 is 0. The van der Waals surface area contributed by atoms with Crippen molar-refractivity contribution in [3.63, 3.8) is 0 Å². The Kier molecular flexibility index (Phi) is 4.27. The summed E-state index contributed by atoms with van der Waals surface area (Å²) in [5.41, 5.74) is 5.97. The molecular weight excluding hydrogens is 244 g/mol. The molecule has 104 valence electrons. The minimum Gasteiger partial charge on any atom is -0.508 e. The number of carbonyl (C=O) groups is 1. The molecule has 0 spiro atoms. The van der Waals surface area contributed by atoms with Crippen LogP contribution in [0.5, 0.6) is 11.5 Å². The zero-order chi connectivity index (χ0) is 13.8. The maximum atomic E-state index is 12.1. The Morgan fingerprint density at radius 3 is 2.37 bits per heavy atom. The Labute approximate surface area is 112 Å². The molecule has 1 aliphatic carbocycles. The number of hydrogen-bond donors (Lipinski definition) is 4. The molecule has 0 saturated heterocycles. The Morgan fingerprint density at radius 1 is 1.26 bits per heavy atom. The zero-order valence-electron chi connectivity index (χ0n) is 10.8. The van der Waals surface area contributed by atoms with E-state index < -0.39 is 0 Å². The van der Waals surface area contributed by atoms with Crippen molar-refractivity contribution in [1.29, 1.82) is 0 Å². The van der Waals surface area contributed by atoms with Gasteiger partial charge in [-0.15, -0.1) is 0 Å². The third-order valence-corrected chi connectivity index (χ3v) is 3.70. The van der Waals surface area contributed by atoms with Crippen molar-refractivity contribution in [2.24, 2.45) is 11.7 Å². The number of benzene rings is 1. The van der Waals surface area contributed by atoms with Crippen molar-refractivity contribution in [3.8, 4) is 11.5 Å². The lowest BCUT2D eigenvalue weighted by atomic mass is 9.98. The van der Waals surface area contributed by atoms with Gasteiger partial charge in [0.05, 0.1) is 0 Å². The minimum absolute atomic E-state index is 0.0421. The fraction of sp³-hybridized carbons (Fsp3) is 0.500. The van der Waals surface area contributed by atoms with Gasteiger partial charge in [0.25, 0.3) is 5.91 Å². The van der Waals surface area contributed by atoms with Crippen molar-refractivity contribution in [2.45, 2.75) is 31.7 Å². The Hall–Kier alpha value is -1.75. The summed E-state index contributed by atoms with van der Waals surface area (Å²) in [5, 5.41) is 21.7. The van der Waals surface area contributed by atoms with Gasteiger partial charge < -0.3 is 21.3 Å². The molecule has 1 aromatic rings. The molecule has 19 heavy (non-hydrogen) atoms. The normalized spacial score (nSPS) is 17.3. The van der Waals surface area contributed by atoms with E-state index in [1.807, 2.05) is 0 Å². The van der Waals surface area contributed by atoms with Gasteiger partial charge in [0.1, 0.15) is 11.5 Å². The third kappa shape index (κ3) is 3.38. The van der Waals surface area contributed by atoms with E-state index in [2.05, 4.69) is 5.32 Å². The second-order valence-electron chi connectivity index (χ2n) is 5.10. The number of carbonyl (C=O) groups excluding carboxylic acids is 1. The summed E-state index contributed by atoms with van der Waals surface area (Å²) in [6.45, 7) is 0.404. The predicted octanol–water partition coefficient (Wildman–Crippen LogP) is 1.35. The molecule has 0 heterocycles. The highest BCUT2D eigenvalue weighted by Crippen LogP contribution is 2.28. The maximum absolute atomic E-state index is 12.1. The van der Waals surface area contributed by atoms with Crippen LogP contribution in [0, 0.1) is 5.92 Å². The average Bonchev–Trinajstić information content (AvgIpc) is 2.88. The molecule has 2 rings (SSSR count). The number of amides is 1. The van der Waals surface area contributed by atoms with Crippen molar-refractivity contribution in [3.05, 3.63) is 23.8 Å². The average molecular weight is 264 g/mol. The third-order valence-electron chi connectivity index (χ3n) is 3.70. The second-order valence-corrected chi connectivity index (χ2v) is 5.10. The highest BCUT2D eigenvalue weighted by atomic mass is 16.3. The van der Waals surface area contributed by atoms with Crippen LogP contribution in [-0.2, 0) is 0 Å². The number of phenolic OH excluding ortho intramolecular Hbond substituents is 2. The van der Waals surface area contributed by atoms with Gasteiger partial charge in [0.15, 0.2) is 0 Å². The smallest absolute Gasteiger partial charge is 0.251 e. The highest BCUT2D eigenvalue weighted by molar-refractivity contribution is 5.95. The van der Waals surface area contributed by atoms with Crippen LogP contribution in [-0.4, -0.2) is 28.7 Å². The lowest BCUT2D eigenvalue weighted by Gasteiger charge is -2.23. The largest absolute Gasteiger partial charge is 0.508 e. The first-order valence-corrected chi connectivity index (χ1v) is 6.64. The number of phenols is 2. The summed E-state index contributed by atoms with van der Waals surface area (Å²) in [6, 6.07) is 3.81. The monoisotopic (exact) mass is 264 g/mol. The van der Waals surface area contributed by atoms with Crippen LogP contribution in [0.15, 0.2) is 18.2 Å². The summed E-state index contributed by atoms with van der Waals surface area (Å²) in [5.74, 6) is -0.140. The van der Waals surface area contributed by atoms with Gasteiger partial charge in [-0.2, -0.15) is 0 Å². The van der Waals surface area contributed by atoms with Gasteiger partial charge in [0.2, 0.25) is 0 Å². The first-order chi connectivity index (χ1) is 9.10. The van der Waals surface area contributed by atoms with Crippen molar-refractivity contribution < 1.29 is 15.0 Å². The number of nitrogens with two attached hydrogens (primary N) is 1. The van der Waals surface area contributed by atoms with Gasteiger partial charge in [-0.05, 0) is 30.9 Å². The minimum atomic E-state index is -0.312. The maximum Gasteiger partial charge on any atom is 0.251 e. The van der Waals surface area contributed by atoms with Crippen LogP contribution >= 0.6 is 0 Å². The van der Waals surface area contributed by atoms with E-state index in [1.54, 1.807) is 0 Å². The van der Waals surface area contributed by atoms with Gasteiger partial charge >= 0.3 is 0 Å². The van der Waals surface area contributed by atoms with Gasteiger partial charge in [-0.3, -0.25) is 4.79 Å². The molecule has 0 aromatic heterocycles. The van der Waals surface area contributed by atoms with E-state index in [0.29, 0.717) is 12.5 Å². The van der Waals surface area contributed by atoms with Gasteiger partial charge in [0, 0.05) is 24.2 Å². The molecule has 0 bridgehead atoms. The van der Waals surface area contributed by atoms with E-state index in [1.165, 1.54) is 31.0 Å². The zero-order valence-corrected chi connectivity index (χ0v) is 10.8. The molecule has 1 atom stereocenters. The molecule has 5 N–H and O–H groups in total. The Morgan fingerprint density at radius 2 is 1.84 bits per heavy atom. The summed E-state index contributed by atoms with van der Waals surface area (Å²) in [7, 11) is 0. The molecule has 0 radical (unpaired) electrons. The quantitative estimate of drug-likeness (QED) is 0.660. The standard InChI is InChI=1S/C14H20N2O3/c15-8-13(9-3-1-2-4-9)16-14(19)10-5-11(17)7-12(18)6-10/h5-7,9,13,17-18H,1-4,8,15H2,(H,16,19). The molecule has 1 amide bonds. The summed E-state index contributed by atoms with van der Waals surface area (Å²) in [4.78, 5) is 12.1. The Balaban J connectivity index is 2.06. The molecule has 1 saturated carbocycles. The molecule has 5 nitrogen and oxygen atoms in total.